The standard InChI is InChI=1S/C16H14FN3O/c1-16(21,14-6-2-12(10-18)3-7-14)20-19-11-13-4-8-15(17)9-5-13/h2-9,21H,11H2,1H3/b20-19+. The number of hydrogen-bond donors (Lipinski definition) is 1. The Balaban J connectivity index is 2.07. The molecule has 5 heteroatoms. The van der Waals surface area contributed by atoms with Crippen molar-refractivity contribution in [1.82, 2.24) is 0 Å². The summed E-state index contributed by atoms with van der Waals surface area (Å²) >= 11 is 0. The summed E-state index contributed by atoms with van der Waals surface area (Å²) in [5, 5.41) is 26.9. The van der Waals surface area contributed by atoms with Gasteiger partial charge in [0, 0.05) is 5.56 Å². The van der Waals surface area contributed by atoms with Crippen LogP contribution in [0.25, 0.3) is 0 Å². The molecule has 0 saturated heterocycles. The van der Waals surface area contributed by atoms with Crippen molar-refractivity contribution >= 4 is 0 Å². The molecule has 0 radical (unpaired) electrons. The number of aliphatic hydroxyl groups is 1. The van der Waals surface area contributed by atoms with Crippen LogP contribution in [0.2, 0.25) is 0 Å². The van der Waals surface area contributed by atoms with Crippen LogP contribution in [0.5, 0.6) is 0 Å². The molecule has 0 heterocycles. The molecule has 0 aliphatic heterocycles. The minimum Gasteiger partial charge on any atom is -0.364 e. The van der Waals surface area contributed by atoms with E-state index in [2.05, 4.69) is 10.2 Å². The summed E-state index contributed by atoms with van der Waals surface area (Å²) in [6.45, 7) is 1.77. The van der Waals surface area contributed by atoms with Crippen LogP contribution in [0, 0.1) is 17.1 Å². The van der Waals surface area contributed by atoms with Crippen LogP contribution >= 0.6 is 0 Å². The highest BCUT2D eigenvalue weighted by atomic mass is 19.1. The monoisotopic (exact) mass is 283 g/mol. The molecule has 0 fully saturated rings. The molecule has 0 amide bonds. The van der Waals surface area contributed by atoms with Crippen LogP contribution < -0.4 is 0 Å². The first-order valence-electron chi connectivity index (χ1n) is 6.37. The van der Waals surface area contributed by atoms with E-state index in [0.717, 1.165) is 5.56 Å². The molecular weight excluding hydrogens is 269 g/mol. The zero-order chi connectivity index (χ0) is 15.3. The number of nitrogens with zero attached hydrogens (tertiary/aromatic N) is 3. The minimum absolute atomic E-state index is 0.257. The summed E-state index contributed by atoms with van der Waals surface area (Å²) in [6.07, 6.45) is 0. The van der Waals surface area contributed by atoms with E-state index in [9.17, 15) is 9.50 Å². The Morgan fingerprint density at radius 1 is 1.14 bits per heavy atom. The fourth-order valence-electron chi connectivity index (χ4n) is 1.76. The number of azo groups is 1. The van der Waals surface area contributed by atoms with Crippen LogP contribution in [0.3, 0.4) is 0 Å². The summed E-state index contributed by atoms with van der Waals surface area (Å²) in [5.74, 6) is -0.305. The number of hydrogen-bond acceptors (Lipinski definition) is 4. The van der Waals surface area contributed by atoms with E-state index >= 15 is 0 Å². The normalized spacial score (nSPS) is 13.8. The third-order valence-corrected chi connectivity index (χ3v) is 2.99. The van der Waals surface area contributed by atoms with Crippen LogP contribution in [-0.4, -0.2) is 5.11 Å². The van der Waals surface area contributed by atoms with Crippen molar-refractivity contribution in [3.8, 4) is 6.07 Å². The molecule has 2 aromatic carbocycles. The number of benzene rings is 2. The molecule has 0 aliphatic carbocycles. The van der Waals surface area contributed by atoms with Crippen molar-refractivity contribution in [3.63, 3.8) is 0 Å². The van der Waals surface area contributed by atoms with Gasteiger partial charge >= 0.3 is 0 Å². The zero-order valence-electron chi connectivity index (χ0n) is 11.5. The van der Waals surface area contributed by atoms with Crippen molar-refractivity contribution in [2.45, 2.75) is 19.2 Å². The summed E-state index contributed by atoms with van der Waals surface area (Å²) in [4.78, 5) is 0. The lowest BCUT2D eigenvalue weighted by Crippen LogP contribution is -2.17. The first-order valence-corrected chi connectivity index (χ1v) is 6.37. The molecule has 0 bridgehead atoms. The van der Waals surface area contributed by atoms with Gasteiger partial charge in [-0.15, -0.1) is 0 Å². The summed E-state index contributed by atoms with van der Waals surface area (Å²) in [7, 11) is 0. The lowest BCUT2D eigenvalue weighted by Gasteiger charge is -2.17. The smallest absolute Gasteiger partial charge is 0.199 e. The van der Waals surface area contributed by atoms with E-state index in [0.29, 0.717) is 11.1 Å². The zero-order valence-corrected chi connectivity index (χ0v) is 11.5. The Bertz CT molecular complexity index is 670. The van der Waals surface area contributed by atoms with Gasteiger partial charge in [0.25, 0.3) is 0 Å². The summed E-state index contributed by atoms with van der Waals surface area (Å²) < 4.78 is 12.8. The molecule has 106 valence electrons. The highest BCUT2D eigenvalue weighted by Crippen LogP contribution is 2.23. The molecule has 21 heavy (non-hydrogen) atoms. The Hall–Kier alpha value is -2.58. The molecule has 2 rings (SSSR count). The van der Waals surface area contributed by atoms with E-state index < -0.39 is 5.72 Å². The quantitative estimate of drug-likeness (QED) is 0.872. The van der Waals surface area contributed by atoms with Crippen molar-refractivity contribution in [1.29, 1.82) is 5.26 Å². The van der Waals surface area contributed by atoms with Crippen molar-refractivity contribution in [3.05, 3.63) is 71.0 Å². The first kappa shape index (κ1) is 14.8. The second kappa shape index (κ2) is 6.25. The van der Waals surface area contributed by atoms with E-state index in [4.69, 9.17) is 5.26 Å². The van der Waals surface area contributed by atoms with Gasteiger partial charge in [0.2, 0.25) is 0 Å². The molecule has 4 nitrogen and oxygen atoms in total. The van der Waals surface area contributed by atoms with Gasteiger partial charge in [0.05, 0.1) is 18.2 Å². The lowest BCUT2D eigenvalue weighted by molar-refractivity contribution is 0.0581. The number of halogens is 1. The highest BCUT2D eigenvalue weighted by Gasteiger charge is 2.21. The van der Waals surface area contributed by atoms with Crippen LogP contribution in [-0.2, 0) is 12.3 Å². The molecule has 0 aromatic heterocycles. The van der Waals surface area contributed by atoms with Gasteiger partial charge in [0.1, 0.15) is 5.82 Å². The third kappa shape index (κ3) is 3.94. The maximum Gasteiger partial charge on any atom is 0.199 e. The first-order chi connectivity index (χ1) is 10.0. The van der Waals surface area contributed by atoms with E-state index in [-0.39, 0.29) is 12.4 Å². The molecule has 1 unspecified atom stereocenters. The van der Waals surface area contributed by atoms with Gasteiger partial charge in [-0.2, -0.15) is 15.5 Å². The van der Waals surface area contributed by atoms with Crippen LogP contribution in [0.4, 0.5) is 4.39 Å². The van der Waals surface area contributed by atoms with E-state index in [1.165, 1.54) is 19.1 Å². The second-order valence-corrected chi connectivity index (χ2v) is 4.74. The molecule has 0 saturated carbocycles. The number of nitriles is 1. The van der Waals surface area contributed by atoms with Crippen LogP contribution in [0.1, 0.15) is 23.6 Å². The third-order valence-electron chi connectivity index (χ3n) is 2.99. The fourth-order valence-corrected chi connectivity index (χ4v) is 1.76. The Labute approximate surface area is 122 Å². The van der Waals surface area contributed by atoms with E-state index in [1.807, 2.05) is 6.07 Å². The number of rotatable bonds is 4. The van der Waals surface area contributed by atoms with Gasteiger partial charge in [-0.25, -0.2) is 4.39 Å². The lowest BCUT2D eigenvalue weighted by atomic mass is 10.0. The average molecular weight is 283 g/mol. The predicted molar refractivity (Wildman–Crippen MR) is 75.7 cm³/mol. The highest BCUT2D eigenvalue weighted by molar-refractivity contribution is 5.33. The summed E-state index contributed by atoms with van der Waals surface area (Å²) in [6, 6.07) is 14.4. The van der Waals surface area contributed by atoms with Crippen molar-refractivity contribution in [2.75, 3.05) is 0 Å². The van der Waals surface area contributed by atoms with E-state index in [1.54, 1.807) is 36.4 Å². The Morgan fingerprint density at radius 2 is 1.76 bits per heavy atom. The molecular formula is C16H14FN3O. The predicted octanol–water partition coefficient (Wildman–Crippen LogP) is 3.51. The van der Waals surface area contributed by atoms with Gasteiger partial charge in [-0.1, -0.05) is 24.3 Å². The van der Waals surface area contributed by atoms with Gasteiger partial charge < -0.3 is 5.11 Å². The molecule has 0 spiro atoms. The van der Waals surface area contributed by atoms with Gasteiger partial charge in [-0.05, 0) is 36.8 Å². The summed E-state index contributed by atoms with van der Waals surface area (Å²) in [5.41, 5.74) is 0.395. The minimum atomic E-state index is -1.46. The van der Waals surface area contributed by atoms with Gasteiger partial charge in [0.15, 0.2) is 5.72 Å². The van der Waals surface area contributed by atoms with Crippen LogP contribution in [0.15, 0.2) is 58.8 Å². The fraction of sp³-hybridized carbons (Fsp3) is 0.188. The average Bonchev–Trinajstić information content (AvgIpc) is 2.49. The second-order valence-electron chi connectivity index (χ2n) is 4.74. The molecule has 1 atom stereocenters. The van der Waals surface area contributed by atoms with Crippen molar-refractivity contribution < 1.29 is 9.50 Å². The maximum absolute atomic E-state index is 12.8. The molecule has 2 aromatic rings. The molecule has 1 N–H and O–H groups in total. The van der Waals surface area contributed by atoms with Crippen molar-refractivity contribution in [2.24, 2.45) is 10.2 Å². The largest absolute Gasteiger partial charge is 0.364 e. The maximum atomic E-state index is 12.8. The topological polar surface area (TPSA) is 68.7 Å². The Kier molecular flexibility index (Phi) is 4.41. The van der Waals surface area contributed by atoms with Gasteiger partial charge in [-0.3, -0.25) is 0 Å². The SMILES string of the molecule is CC(O)(/N=N/Cc1ccc(F)cc1)c1ccc(C#N)cc1. The Morgan fingerprint density at radius 3 is 2.33 bits per heavy atom. The molecule has 0 aliphatic rings.